The Hall–Kier alpha value is 0.320. The molecule has 0 aliphatic carbocycles. The van der Waals surface area contributed by atoms with Gasteiger partial charge in [-0.25, -0.2) is 0 Å². The maximum Gasteiger partial charge on any atom is 0.228 e. The van der Waals surface area contributed by atoms with E-state index in [0.29, 0.717) is 39.0 Å². The molecule has 8 heteroatoms. The molecule has 3 aliphatic rings. The maximum atomic E-state index is 12.6. The molecule has 2 amide bonds. The van der Waals surface area contributed by atoms with Crippen LogP contribution >= 0.6 is 0 Å². The Labute approximate surface area is 217 Å². The molecule has 3 rings (SSSR count). The molecule has 0 unspecified atom stereocenters. The SMILES string of the molecule is C[N+]1(CCC(=O)N2CCN(C(=O)CC[N+]3(C)CCCCC3)CC2)CCCCC1.[I-].[I-]. The Balaban J connectivity index is 0.00000225. The van der Waals surface area contributed by atoms with E-state index in [1.807, 2.05) is 9.80 Å². The fourth-order valence-corrected chi connectivity index (χ4v) is 5.25. The van der Waals surface area contributed by atoms with Crippen LogP contribution in [0.4, 0.5) is 0 Å². The van der Waals surface area contributed by atoms with Crippen LogP contribution in [-0.4, -0.2) is 110 Å². The van der Waals surface area contributed by atoms with Gasteiger partial charge in [0.2, 0.25) is 11.8 Å². The zero-order chi connectivity index (χ0) is 20.0. The van der Waals surface area contributed by atoms with Gasteiger partial charge in [-0.15, -0.1) is 0 Å². The highest BCUT2D eigenvalue weighted by molar-refractivity contribution is 5.78. The monoisotopic (exact) mass is 648 g/mol. The van der Waals surface area contributed by atoms with E-state index in [0.717, 1.165) is 22.1 Å². The first-order valence-electron chi connectivity index (χ1n) is 11.6. The number of halogens is 2. The average Bonchev–Trinajstić information content (AvgIpc) is 2.72. The smallest absolute Gasteiger partial charge is 0.228 e. The number of nitrogens with zero attached hydrogens (tertiary/aromatic N) is 4. The second-order valence-electron chi connectivity index (χ2n) is 9.96. The molecule has 0 radical (unpaired) electrons. The number of carbonyl (C=O) groups is 2. The minimum atomic E-state index is 0. The van der Waals surface area contributed by atoms with Gasteiger partial charge in [-0.3, -0.25) is 9.59 Å². The first kappa shape index (κ1) is 28.4. The predicted octanol–water partition coefficient (Wildman–Crippen LogP) is -4.29. The van der Waals surface area contributed by atoms with Crippen molar-refractivity contribution in [2.75, 3.05) is 79.5 Å². The Morgan fingerprint density at radius 1 is 0.600 bits per heavy atom. The molecule has 0 spiro atoms. The van der Waals surface area contributed by atoms with Gasteiger partial charge in [-0.2, -0.15) is 0 Å². The third kappa shape index (κ3) is 8.35. The molecule has 0 aromatic rings. The van der Waals surface area contributed by atoms with E-state index < -0.39 is 0 Å². The molecule has 0 aromatic carbocycles. The highest BCUT2D eigenvalue weighted by Gasteiger charge is 2.30. The molecule has 6 nitrogen and oxygen atoms in total. The van der Waals surface area contributed by atoms with Crippen molar-refractivity contribution in [1.82, 2.24) is 9.80 Å². The van der Waals surface area contributed by atoms with Gasteiger partial charge in [0.25, 0.3) is 0 Å². The highest BCUT2D eigenvalue weighted by atomic mass is 127. The molecule has 3 heterocycles. The Morgan fingerprint density at radius 3 is 1.20 bits per heavy atom. The second-order valence-corrected chi connectivity index (χ2v) is 9.96. The number of hydrogen-bond donors (Lipinski definition) is 0. The average molecular weight is 648 g/mol. The van der Waals surface area contributed by atoms with Crippen LogP contribution in [0, 0.1) is 0 Å². The van der Waals surface area contributed by atoms with Crippen LogP contribution in [0.15, 0.2) is 0 Å². The van der Waals surface area contributed by atoms with E-state index in [2.05, 4.69) is 14.1 Å². The molecular weight excluding hydrogens is 606 g/mol. The lowest BCUT2D eigenvalue weighted by Gasteiger charge is -2.40. The lowest BCUT2D eigenvalue weighted by Crippen LogP contribution is -3.00. The summed E-state index contributed by atoms with van der Waals surface area (Å²) in [6.45, 7) is 9.63. The fraction of sp³-hybridized carbons (Fsp3) is 0.909. The zero-order valence-electron chi connectivity index (χ0n) is 19.1. The lowest BCUT2D eigenvalue weighted by atomic mass is 10.1. The standard InChI is InChI=1S/C22H42N4O2.2HI/c1-25(15-5-3-6-16-25)19-9-21(27)23-11-13-24(14-12-23)22(28)10-20-26(2)17-7-4-8-18-26;;/h3-20H2,1-2H3;2*1H/q+2;;/p-2. The van der Waals surface area contributed by atoms with Crippen LogP contribution < -0.4 is 48.0 Å². The summed E-state index contributed by atoms with van der Waals surface area (Å²) in [6, 6.07) is 0. The maximum absolute atomic E-state index is 12.6. The van der Waals surface area contributed by atoms with E-state index in [-0.39, 0.29) is 59.8 Å². The van der Waals surface area contributed by atoms with Crippen molar-refractivity contribution in [1.29, 1.82) is 0 Å². The first-order valence-corrected chi connectivity index (χ1v) is 11.6. The minimum absolute atomic E-state index is 0. The molecule has 3 aliphatic heterocycles. The predicted molar refractivity (Wildman–Crippen MR) is 112 cm³/mol. The van der Waals surface area contributed by atoms with E-state index in [1.165, 1.54) is 64.7 Å². The molecule has 0 N–H and O–H groups in total. The van der Waals surface area contributed by atoms with Gasteiger partial charge in [0, 0.05) is 26.2 Å². The van der Waals surface area contributed by atoms with E-state index >= 15 is 0 Å². The van der Waals surface area contributed by atoms with Crippen LogP contribution in [0.25, 0.3) is 0 Å². The van der Waals surface area contributed by atoms with Gasteiger partial charge < -0.3 is 66.7 Å². The van der Waals surface area contributed by atoms with Gasteiger partial charge >= 0.3 is 0 Å². The number of likely N-dealkylation sites (tertiary alicyclic amines) is 2. The molecule has 0 atom stereocenters. The van der Waals surface area contributed by atoms with Crippen LogP contribution in [0.3, 0.4) is 0 Å². The normalized spacial score (nSPS) is 23.1. The van der Waals surface area contributed by atoms with Gasteiger partial charge in [0.1, 0.15) is 0 Å². The minimum Gasteiger partial charge on any atom is -1.00 e. The van der Waals surface area contributed by atoms with E-state index in [4.69, 9.17) is 0 Å². The molecule has 0 saturated carbocycles. The number of amides is 2. The third-order valence-corrected chi connectivity index (χ3v) is 7.51. The summed E-state index contributed by atoms with van der Waals surface area (Å²) in [4.78, 5) is 29.3. The highest BCUT2D eigenvalue weighted by Crippen LogP contribution is 2.18. The number of hydrogen-bond acceptors (Lipinski definition) is 2. The molecule has 0 aromatic heterocycles. The summed E-state index contributed by atoms with van der Waals surface area (Å²) in [5.41, 5.74) is 0. The third-order valence-electron chi connectivity index (χ3n) is 7.51. The van der Waals surface area contributed by atoms with E-state index in [9.17, 15) is 9.59 Å². The summed E-state index contributed by atoms with van der Waals surface area (Å²) in [5, 5.41) is 0. The summed E-state index contributed by atoms with van der Waals surface area (Å²) < 4.78 is 2.11. The van der Waals surface area contributed by atoms with Crippen molar-refractivity contribution in [3.8, 4) is 0 Å². The lowest BCUT2D eigenvalue weighted by molar-refractivity contribution is -0.913. The molecule has 0 bridgehead atoms. The first-order chi connectivity index (χ1) is 13.4. The summed E-state index contributed by atoms with van der Waals surface area (Å²) in [6.07, 6.45) is 9.17. The van der Waals surface area contributed by atoms with Crippen LogP contribution in [-0.2, 0) is 9.59 Å². The largest absolute Gasteiger partial charge is 1.00 e. The summed E-state index contributed by atoms with van der Waals surface area (Å²) in [7, 11) is 4.60. The van der Waals surface area contributed by atoms with Crippen molar-refractivity contribution >= 4 is 11.8 Å². The molecule has 3 fully saturated rings. The zero-order valence-corrected chi connectivity index (χ0v) is 23.4. The quantitative estimate of drug-likeness (QED) is 0.217. The van der Waals surface area contributed by atoms with Crippen molar-refractivity contribution in [3.05, 3.63) is 0 Å². The van der Waals surface area contributed by atoms with E-state index in [1.54, 1.807) is 0 Å². The number of rotatable bonds is 6. The van der Waals surface area contributed by atoms with Crippen molar-refractivity contribution in [3.63, 3.8) is 0 Å². The molecule has 30 heavy (non-hydrogen) atoms. The topological polar surface area (TPSA) is 40.6 Å². The van der Waals surface area contributed by atoms with Crippen molar-refractivity contribution in [2.45, 2.75) is 51.4 Å². The van der Waals surface area contributed by atoms with Crippen LogP contribution in [0.5, 0.6) is 0 Å². The van der Waals surface area contributed by atoms with Gasteiger partial charge in [0.05, 0.1) is 66.2 Å². The summed E-state index contributed by atoms with van der Waals surface area (Å²) >= 11 is 0. The number of piperazine rings is 1. The molecule has 3 saturated heterocycles. The number of quaternary nitrogens is 2. The van der Waals surface area contributed by atoms with Gasteiger partial charge in [-0.05, 0) is 38.5 Å². The Kier molecular flexibility index (Phi) is 12.4. The Morgan fingerprint density at radius 2 is 0.900 bits per heavy atom. The van der Waals surface area contributed by atoms with Crippen molar-refractivity contribution in [2.24, 2.45) is 0 Å². The van der Waals surface area contributed by atoms with Gasteiger partial charge in [0.15, 0.2) is 0 Å². The fourth-order valence-electron chi connectivity index (χ4n) is 5.25. The number of carbonyl (C=O) groups excluding carboxylic acids is 2. The number of piperidine rings is 2. The summed E-state index contributed by atoms with van der Waals surface area (Å²) in [5.74, 6) is 0.562. The molecule has 176 valence electrons. The second kappa shape index (κ2) is 13.1. The van der Waals surface area contributed by atoms with Crippen molar-refractivity contribution < 1.29 is 66.5 Å². The van der Waals surface area contributed by atoms with Crippen LogP contribution in [0.1, 0.15) is 51.4 Å². The van der Waals surface area contributed by atoms with Crippen LogP contribution in [0.2, 0.25) is 0 Å². The van der Waals surface area contributed by atoms with Gasteiger partial charge in [-0.1, -0.05) is 0 Å². The molecular formula is C22H42I2N4O2. The Bertz CT molecular complexity index is 493.